The molecule has 0 spiro atoms. The summed E-state index contributed by atoms with van der Waals surface area (Å²) in [6, 6.07) is 19.2. The predicted octanol–water partition coefficient (Wildman–Crippen LogP) is 4.57. The van der Waals surface area contributed by atoms with Crippen LogP contribution in [-0.4, -0.2) is 79.7 Å². The van der Waals surface area contributed by atoms with E-state index in [1.165, 1.54) is 34.0 Å². The summed E-state index contributed by atoms with van der Waals surface area (Å²) in [7, 11) is 0. The van der Waals surface area contributed by atoms with Crippen LogP contribution in [0.5, 0.6) is 5.75 Å². The monoisotopic (exact) mass is 700 g/mol. The normalized spacial score (nSPS) is 20.5. The molecule has 2 saturated heterocycles. The molecule has 2 aliphatic rings. The first-order valence-electron chi connectivity index (χ1n) is 17.3. The van der Waals surface area contributed by atoms with Crippen molar-refractivity contribution in [1.29, 1.82) is 0 Å². The Kier molecular flexibility index (Phi) is 9.87. The zero-order valence-corrected chi connectivity index (χ0v) is 28.7. The zero-order valence-electron chi connectivity index (χ0n) is 28.7. The molecule has 7 rings (SSSR count). The Hall–Kier alpha value is -5.08. The molecule has 0 aliphatic carbocycles. The second-order valence-corrected chi connectivity index (χ2v) is 13.3. The molecule has 3 aromatic carbocycles. The van der Waals surface area contributed by atoms with E-state index in [9.17, 15) is 18.7 Å². The van der Waals surface area contributed by atoms with Crippen molar-refractivity contribution >= 4 is 11.4 Å². The predicted molar refractivity (Wildman–Crippen MR) is 187 cm³/mol. The standard InChI is InChI=1S/C37H42F2N8O4/c1-3-35(26(2)48)47-36(49)46(25-42-47)31-7-5-29(6-8-31)43-14-16-44(17-15-43)30-9-11-32(12-10-30)50-20-27-19-37(51-21-27,22-45-24-40-23-41-45)33-13-4-28(38)18-34(33)39/h4-13,18,23-27,35,48H,3,14-17,19-22H2,1-2H3/t26-,27+,35?,37-/m1/s1. The first kappa shape index (κ1) is 34.4. The lowest BCUT2D eigenvalue weighted by atomic mass is 9.87. The third-order valence-electron chi connectivity index (χ3n) is 9.96. The number of aliphatic hydroxyl groups excluding tert-OH is 1. The molecule has 268 valence electrons. The van der Waals surface area contributed by atoms with Gasteiger partial charge in [0.1, 0.15) is 42.0 Å². The molecule has 0 saturated carbocycles. The van der Waals surface area contributed by atoms with Crippen LogP contribution in [0, 0.1) is 17.6 Å². The van der Waals surface area contributed by atoms with Gasteiger partial charge in [0.15, 0.2) is 0 Å². The summed E-state index contributed by atoms with van der Waals surface area (Å²) in [5.41, 5.74) is 1.93. The first-order chi connectivity index (χ1) is 24.7. The van der Waals surface area contributed by atoms with Gasteiger partial charge in [0, 0.05) is 55.1 Å². The highest BCUT2D eigenvalue weighted by Crippen LogP contribution is 2.42. The summed E-state index contributed by atoms with van der Waals surface area (Å²) in [5, 5.41) is 18.5. The van der Waals surface area contributed by atoms with Crippen molar-refractivity contribution in [2.24, 2.45) is 5.92 Å². The van der Waals surface area contributed by atoms with Gasteiger partial charge in [0.2, 0.25) is 0 Å². The summed E-state index contributed by atoms with van der Waals surface area (Å²) >= 11 is 0. The molecule has 4 atom stereocenters. The molecule has 1 N–H and O–H groups in total. The Morgan fingerprint density at radius 3 is 2.22 bits per heavy atom. The van der Waals surface area contributed by atoms with Crippen LogP contribution in [0.4, 0.5) is 20.2 Å². The highest BCUT2D eigenvalue weighted by molar-refractivity contribution is 5.54. The summed E-state index contributed by atoms with van der Waals surface area (Å²) in [6.45, 7) is 7.97. The molecule has 4 heterocycles. The molecular weight excluding hydrogens is 658 g/mol. The average molecular weight is 701 g/mol. The van der Waals surface area contributed by atoms with Crippen molar-refractivity contribution in [1.82, 2.24) is 29.1 Å². The van der Waals surface area contributed by atoms with Crippen LogP contribution in [0.1, 0.15) is 38.3 Å². The van der Waals surface area contributed by atoms with Crippen molar-refractivity contribution in [2.45, 2.75) is 51.0 Å². The fourth-order valence-corrected chi connectivity index (χ4v) is 7.24. The van der Waals surface area contributed by atoms with E-state index in [0.717, 1.165) is 55.1 Å². The van der Waals surface area contributed by atoms with Gasteiger partial charge in [0.05, 0.1) is 37.6 Å². The Morgan fingerprint density at radius 2 is 1.61 bits per heavy atom. The fraction of sp³-hybridized carbons (Fsp3) is 0.405. The number of hydrogen-bond acceptors (Lipinski definition) is 9. The number of nitrogens with zero attached hydrogens (tertiary/aromatic N) is 8. The fourth-order valence-electron chi connectivity index (χ4n) is 7.24. The molecule has 2 aromatic heterocycles. The van der Waals surface area contributed by atoms with Crippen LogP contribution in [0.15, 0.2) is 90.5 Å². The minimum atomic E-state index is -1.02. The van der Waals surface area contributed by atoms with E-state index in [1.54, 1.807) is 17.9 Å². The van der Waals surface area contributed by atoms with E-state index in [0.29, 0.717) is 31.6 Å². The second kappa shape index (κ2) is 14.6. The third kappa shape index (κ3) is 7.24. The van der Waals surface area contributed by atoms with Crippen LogP contribution in [0.2, 0.25) is 0 Å². The lowest BCUT2D eigenvalue weighted by Crippen LogP contribution is -2.46. The molecule has 51 heavy (non-hydrogen) atoms. The molecule has 12 nitrogen and oxygen atoms in total. The minimum absolute atomic E-state index is 0.0121. The van der Waals surface area contributed by atoms with Gasteiger partial charge in [0.25, 0.3) is 0 Å². The second-order valence-electron chi connectivity index (χ2n) is 13.3. The van der Waals surface area contributed by atoms with E-state index in [1.807, 2.05) is 43.3 Å². The number of anilines is 2. The summed E-state index contributed by atoms with van der Waals surface area (Å²) in [4.78, 5) is 21.7. The van der Waals surface area contributed by atoms with Gasteiger partial charge < -0.3 is 24.4 Å². The van der Waals surface area contributed by atoms with E-state index in [4.69, 9.17) is 9.47 Å². The van der Waals surface area contributed by atoms with Crippen molar-refractivity contribution in [3.8, 4) is 11.4 Å². The van der Waals surface area contributed by atoms with Crippen molar-refractivity contribution in [3.63, 3.8) is 0 Å². The van der Waals surface area contributed by atoms with Gasteiger partial charge in [-0.2, -0.15) is 10.2 Å². The molecule has 5 aromatic rings. The highest BCUT2D eigenvalue weighted by Gasteiger charge is 2.44. The maximum atomic E-state index is 15.0. The van der Waals surface area contributed by atoms with Gasteiger partial charge in [-0.05, 0) is 74.4 Å². The van der Waals surface area contributed by atoms with E-state index in [-0.39, 0.29) is 24.2 Å². The number of piperazine rings is 1. The van der Waals surface area contributed by atoms with Crippen LogP contribution < -0.4 is 20.2 Å². The van der Waals surface area contributed by atoms with Crippen LogP contribution in [-0.2, 0) is 16.9 Å². The summed E-state index contributed by atoms with van der Waals surface area (Å²) in [6.07, 6.45) is 4.88. The number of aliphatic hydroxyl groups is 1. The SMILES string of the molecule is CCC([C@@H](C)O)n1ncn(-c2ccc(N3CCN(c4ccc(OC[C@H]5CO[C@](Cn6cncn6)(c6ccc(F)cc6F)C5)cc4)CC3)cc2)c1=O. The topological polar surface area (TPSA) is 116 Å². The van der Waals surface area contributed by atoms with Gasteiger partial charge in [-0.25, -0.2) is 32.5 Å². The minimum Gasteiger partial charge on any atom is -0.493 e. The Morgan fingerprint density at radius 1 is 0.941 bits per heavy atom. The van der Waals surface area contributed by atoms with E-state index < -0.39 is 23.3 Å². The number of rotatable bonds is 12. The zero-order chi connectivity index (χ0) is 35.5. The number of aromatic nitrogens is 6. The van der Waals surface area contributed by atoms with Crippen LogP contribution in [0.25, 0.3) is 5.69 Å². The number of benzene rings is 3. The summed E-state index contributed by atoms with van der Waals surface area (Å²) in [5.74, 6) is -0.563. The van der Waals surface area contributed by atoms with Crippen LogP contribution in [0.3, 0.4) is 0 Å². The van der Waals surface area contributed by atoms with Crippen molar-refractivity contribution < 1.29 is 23.4 Å². The molecular formula is C37H42F2N8O4. The molecule has 1 unspecified atom stereocenters. The molecule has 2 fully saturated rings. The summed E-state index contributed by atoms with van der Waals surface area (Å²) < 4.78 is 45.6. The molecule has 0 amide bonds. The number of halogens is 2. The van der Waals surface area contributed by atoms with Crippen molar-refractivity contribution in [3.05, 3.63) is 113 Å². The molecule has 14 heteroatoms. The number of ether oxygens (including phenoxy) is 2. The smallest absolute Gasteiger partial charge is 0.350 e. The maximum Gasteiger partial charge on any atom is 0.350 e. The third-order valence-corrected chi connectivity index (χ3v) is 9.96. The maximum absolute atomic E-state index is 15.0. The largest absolute Gasteiger partial charge is 0.493 e. The number of hydrogen-bond donors (Lipinski definition) is 1. The van der Waals surface area contributed by atoms with Crippen molar-refractivity contribution in [2.75, 3.05) is 49.2 Å². The Bertz CT molecular complexity index is 1960. The van der Waals surface area contributed by atoms with Crippen LogP contribution >= 0.6 is 0 Å². The average Bonchev–Trinajstić information content (AvgIpc) is 3.90. The van der Waals surface area contributed by atoms with Gasteiger partial charge in [-0.1, -0.05) is 13.0 Å². The molecule has 2 aliphatic heterocycles. The quantitative estimate of drug-likeness (QED) is 0.200. The lowest BCUT2D eigenvalue weighted by molar-refractivity contribution is -0.0206. The lowest BCUT2D eigenvalue weighted by Gasteiger charge is -2.37. The van der Waals surface area contributed by atoms with E-state index in [2.05, 4.69) is 37.1 Å². The Labute approximate surface area is 294 Å². The first-order valence-corrected chi connectivity index (χ1v) is 17.3. The van der Waals surface area contributed by atoms with Gasteiger partial charge >= 0.3 is 5.69 Å². The highest BCUT2D eigenvalue weighted by atomic mass is 19.1. The van der Waals surface area contributed by atoms with Gasteiger partial charge in [-0.15, -0.1) is 0 Å². The molecule has 0 radical (unpaired) electrons. The van der Waals surface area contributed by atoms with Gasteiger partial charge in [-0.3, -0.25) is 0 Å². The molecule has 0 bridgehead atoms. The Balaban J connectivity index is 0.923. The van der Waals surface area contributed by atoms with E-state index >= 15 is 0 Å².